The maximum Gasteiger partial charge on any atom is 0.573 e. The number of nitrogens with one attached hydrogen (secondary N) is 1. The normalized spacial score (nSPS) is 11.2. The first kappa shape index (κ1) is 17.6. The van der Waals surface area contributed by atoms with Crippen LogP contribution in [-0.4, -0.2) is 26.3 Å². The molecule has 1 N–H and O–H groups in total. The highest BCUT2D eigenvalue weighted by Crippen LogP contribution is 2.26. The SMILES string of the molecule is Cc1cnc(CNc2ncc(-c3ccc(OC(F)(F)F)cc3)cn2)cn1. The molecule has 0 aliphatic heterocycles. The van der Waals surface area contributed by atoms with E-state index in [9.17, 15) is 13.2 Å². The number of aromatic nitrogens is 4. The van der Waals surface area contributed by atoms with Crippen molar-refractivity contribution in [1.82, 2.24) is 19.9 Å². The number of rotatable bonds is 5. The number of anilines is 1. The Hall–Kier alpha value is -3.23. The highest BCUT2D eigenvalue weighted by molar-refractivity contribution is 5.62. The number of alkyl halides is 3. The van der Waals surface area contributed by atoms with Crippen molar-refractivity contribution in [3.63, 3.8) is 0 Å². The molecule has 0 amide bonds. The number of benzene rings is 1. The number of ether oxygens (including phenoxy) is 1. The summed E-state index contributed by atoms with van der Waals surface area (Å²) in [5.74, 6) is 0.132. The van der Waals surface area contributed by atoms with Crippen molar-refractivity contribution < 1.29 is 17.9 Å². The van der Waals surface area contributed by atoms with E-state index in [1.54, 1.807) is 24.8 Å². The Morgan fingerprint density at radius 1 is 0.885 bits per heavy atom. The molecule has 2 aromatic heterocycles. The predicted molar refractivity (Wildman–Crippen MR) is 88.2 cm³/mol. The van der Waals surface area contributed by atoms with E-state index < -0.39 is 6.36 Å². The first-order chi connectivity index (χ1) is 12.4. The summed E-state index contributed by atoms with van der Waals surface area (Å²) in [7, 11) is 0. The van der Waals surface area contributed by atoms with Crippen LogP contribution in [0.25, 0.3) is 11.1 Å². The molecule has 0 saturated heterocycles. The van der Waals surface area contributed by atoms with Gasteiger partial charge in [0.2, 0.25) is 5.95 Å². The molecule has 6 nitrogen and oxygen atoms in total. The monoisotopic (exact) mass is 361 g/mol. The number of hydrogen-bond donors (Lipinski definition) is 1. The third-order valence-electron chi connectivity index (χ3n) is 3.34. The quantitative estimate of drug-likeness (QED) is 0.746. The van der Waals surface area contributed by atoms with Gasteiger partial charge >= 0.3 is 6.36 Å². The molecule has 3 aromatic rings. The van der Waals surface area contributed by atoms with Gasteiger partial charge in [0.15, 0.2) is 0 Å². The van der Waals surface area contributed by atoms with Gasteiger partial charge in [0.25, 0.3) is 0 Å². The van der Waals surface area contributed by atoms with Gasteiger partial charge < -0.3 is 10.1 Å². The van der Waals surface area contributed by atoms with Crippen LogP contribution in [-0.2, 0) is 6.54 Å². The lowest BCUT2D eigenvalue weighted by molar-refractivity contribution is -0.274. The summed E-state index contributed by atoms with van der Waals surface area (Å²) in [5, 5.41) is 3.02. The standard InChI is InChI=1S/C17H14F3N5O/c1-11-6-22-14(9-21-11)10-25-16-23-7-13(8-24-16)12-2-4-15(5-3-12)26-17(18,19)20/h2-9H,10H2,1H3,(H,23,24,25). The van der Waals surface area contributed by atoms with Gasteiger partial charge in [-0.15, -0.1) is 13.2 Å². The van der Waals surface area contributed by atoms with Gasteiger partial charge in [-0.3, -0.25) is 9.97 Å². The van der Waals surface area contributed by atoms with E-state index in [0.29, 0.717) is 23.6 Å². The Bertz CT molecular complexity index is 850. The molecule has 0 aliphatic carbocycles. The fourth-order valence-electron chi connectivity index (χ4n) is 2.10. The number of aryl methyl sites for hydroxylation is 1. The minimum absolute atomic E-state index is 0.278. The van der Waals surface area contributed by atoms with Gasteiger partial charge in [0.05, 0.1) is 24.1 Å². The number of halogens is 3. The molecule has 0 fully saturated rings. The zero-order valence-electron chi connectivity index (χ0n) is 13.7. The lowest BCUT2D eigenvalue weighted by Crippen LogP contribution is -2.16. The number of hydrogen-bond acceptors (Lipinski definition) is 6. The van der Waals surface area contributed by atoms with Crippen LogP contribution in [0.15, 0.2) is 49.1 Å². The van der Waals surface area contributed by atoms with Gasteiger partial charge in [-0.2, -0.15) is 0 Å². The summed E-state index contributed by atoms with van der Waals surface area (Å²) in [6.07, 6.45) is 1.79. The van der Waals surface area contributed by atoms with Crippen LogP contribution in [0, 0.1) is 6.92 Å². The zero-order chi connectivity index (χ0) is 18.6. The van der Waals surface area contributed by atoms with Crippen molar-refractivity contribution in [3.8, 4) is 16.9 Å². The summed E-state index contributed by atoms with van der Waals surface area (Å²) < 4.78 is 40.3. The Balaban J connectivity index is 1.62. The van der Waals surface area contributed by atoms with E-state index >= 15 is 0 Å². The molecule has 0 atom stereocenters. The first-order valence-electron chi connectivity index (χ1n) is 7.59. The lowest BCUT2D eigenvalue weighted by Gasteiger charge is -2.09. The maximum atomic E-state index is 12.2. The highest BCUT2D eigenvalue weighted by Gasteiger charge is 2.30. The van der Waals surface area contributed by atoms with Gasteiger partial charge in [-0.1, -0.05) is 12.1 Å². The lowest BCUT2D eigenvalue weighted by atomic mass is 10.1. The van der Waals surface area contributed by atoms with E-state index in [0.717, 1.165) is 11.4 Å². The molecule has 134 valence electrons. The van der Waals surface area contributed by atoms with Crippen LogP contribution in [0.4, 0.5) is 19.1 Å². The number of nitrogens with zero attached hydrogens (tertiary/aromatic N) is 4. The second-order valence-electron chi connectivity index (χ2n) is 5.37. The smallest absolute Gasteiger partial charge is 0.406 e. The third-order valence-corrected chi connectivity index (χ3v) is 3.34. The van der Waals surface area contributed by atoms with Gasteiger partial charge in [-0.25, -0.2) is 9.97 Å². The average Bonchev–Trinajstić information content (AvgIpc) is 2.61. The summed E-state index contributed by atoms with van der Waals surface area (Å²) in [6, 6.07) is 5.50. The molecule has 0 unspecified atom stereocenters. The zero-order valence-corrected chi connectivity index (χ0v) is 13.7. The fraction of sp³-hybridized carbons (Fsp3) is 0.176. The Labute approximate surface area is 147 Å². The molecule has 0 spiro atoms. The molecule has 3 rings (SSSR count). The van der Waals surface area contributed by atoms with Crippen LogP contribution in [0.2, 0.25) is 0 Å². The van der Waals surface area contributed by atoms with E-state index in [4.69, 9.17) is 0 Å². The van der Waals surface area contributed by atoms with E-state index in [1.165, 1.54) is 24.3 Å². The first-order valence-corrected chi connectivity index (χ1v) is 7.59. The Morgan fingerprint density at radius 3 is 2.15 bits per heavy atom. The highest BCUT2D eigenvalue weighted by atomic mass is 19.4. The van der Waals surface area contributed by atoms with Crippen molar-refractivity contribution in [2.24, 2.45) is 0 Å². The second-order valence-corrected chi connectivity index (χ2v) is 5.37. The average molecular weight is 361 g/mol. The summed E-state index contributed by atoms with van der Waals surface area (Å²) in [5.41, 5.74) is 2.93. The van der Waals surface area contributed by atoms with Crippen molar-refractivity contribution >= 4 is 5.95 Å². The molecule has 0 saturated carbocycles. The second kappa shape index (κ2) is 7.34. The van der Waals surface area contributed by atoms with Crippen LogP contribution in [0.5, 0.6) is 5.75 Å². The Kier molecular flexibility index (Phi) is 4.97. The molecule has 0 bridgehead atoms. The van der Waals surface area contributed by atoms with Crippen LogP contribution < -0.4 is 10.1 Å². The maximum absolute atomic E-state index is 12.2. The molecule has 26 heavy (non-hydrogen) atoms. The molecule has 9 heteroatoms. The van der Waals surface area contributed by atoms with Gasteiger partial charge in [0.1, 0.15) is 5.75 Å². The van der Waals surface area contributed by atoms with E-state index in [1.807, 2.05) is 6.92 Å². The fourth-order valence-corrected chi connectivity index (χ4v) is 2.10. The van der Waals surface area contributed by atoms with Gasteiger partial charge in [0, 0.05) is 24.2 Å². The summed E-state index contributed by atoms with van der Waals surface area (Å²) in [6.45, 7) is 2.28. The van der Waals surface area contributed by atoms with Crippen LogP contribution >= 0.6 is 0 Å². The van der Waals surface area contributed by atoms with E-state index in [-0.39, 0.29) is 5.75 Å². The van der Waals surface area contributed by atoms with Crippen LogP contribution in [0.1, 0.15) is 11.4 Å². The van der Waals surface area contributed by atoms with Crippen molar-refractivity contribution in [2.45, 2.75) is 19.8 Å². The molecular formula is C17H14F3N5O. The molecule has 0 aliphatic rings. The molecule has 2 heterocycles. The summed E-state index contributed by atoms with van der Waals surface area (Å²) >= 11 is 0. The molecule has 1 aromatic carbocycles. The Morgan fingerprint density at radius 2 is 1.58 bits per heavy atom. The van der Waals surface area contributed by atoms with Crippen molar-refractivity contribution in [2.75, 3.05) is 5.32 Å². The minimum Gasteiger partial charge on any atom is -0.406 e. The van der Waals surface area contributed by atoms with E-state index in [2.05, 4.69) is 30.0 Å². The van der Waals surface area contributed by atoms with Crippen molar-refractivity contribution in [1.29, 1.82) is 0 Å². The summed E-state index contributed by atoms with van der Waals surface area (Å²) in [4.78, 5) is 16.7. The van der Waals surface area contributed by atoms with Crippen LogP contribution in [0.3, 0.4) is 0 Å². The van der Waals surface area contributed by atoms with Gasteiger partial charge in [-0.05, 0) is 24.6 Å². The molecule has 0 radical (unpaired) electrons. The topological polar surface area (TPSA) is 72.8 Å². The van der Waals surface area contributed by atoms with Crippen molar-refractivity contribution in [3.05, 3.63) is 60.4 Å². The predicted octanol–water partition coefficient (Wildman–Crippen LogP) is 3.75. The largest absolute Gasteiger partial charge is 0.573 e. The molecular weight excluding hydrogens is 347 g/mol. The third kappa shape index (κ3) is 4.88. The minimum atomic E-state index is -4.71.